The van der Waals surface area contributed by atoms with Crippen molar-refractivity contribution >= 4 is 18.4 Å². The molecule has 0 aromatic heterocycles. The Balaban J connectivity index is 0.00000676. The molecule has 0 fully saturated rings. The molecule has 1 aromatic rings. The molecule has 0 amide bonds. The first kappa shape index (κ1) is 27.6. The molecule has 0 aliphatic rings. The summed E-state index contributed by atoms with van der Waals surface area (Å²) in [6.07, 6.45) is 8.13. The van der Waals surface area contributed by atoms with Crippen LogP contribution in [0, 0.1) is 5.82 Å². The second kappa shape index (κ2) is 13.8. The van der Waals surface area contributed by atoms with E-state index < -0.39 is 18.4 Å². The van der Waals surface area contributed by atoms with E-state index in [1.54, 1.807) is 6.07 Å². The third-order valence-electron chi connectivity index (χ3n) is 5.56. The molecule has 0 heterocycles. The van der Waals surface area contributed by atoms with Gasteiger partial charge in [-0.15, -0.1) is 0 Å². The van der Waals surface area contributed by atoms with Crippen LogP contribution in [-0.2, 0) is 11.0 Å². The maximum absolute atomic E-state index is 14.0. The predicted octanol–water partition coefficient (Wildman–Crippen LogP) is 3.97. The zero-order chi connectivity index (χ0) is 19.6. The van der Waals surface area contributed by atoms with E-state index >= 15 is 0 Å². The van der Waals surface area contributed by atoms with Gasteiger partial charge in [-0.25, -0.2) is 0 Å². The van der Waals surface area contributed by atoms with E-state index in [1.165, 1.54) is 67.4 Å². The molecule has 27 heavy (non-hydrogen) atoms. The molecular weight excluding hydrogens is 555 g/mol. The molecule has 158 valence electrons. The Hall–Kier alpha value is 0.639. The van der Waals surface area contributed by atoms with Crippen LogP contribution in [0.2, 0.25) is 13.3 Å². The van der Waals surface area contributed by atoms with E-state index in [4.69, 9.17) is 0 Å². The number of rotatable bonds is 13. The second-order valence-corrected chi connectivity index (χ2v) is 23.2. The average molecular weight is 598 g/mol. The summed E-state index contributed by atoms with van der Waals surface area (Å²) in [4.78, 5) is 0. The first-order valence-corrected chi connectivity index (χ1v) is 18.9. The molecular formula is C23H43FINSn. The summed E-state index contributed by atoms with van der Waals surface area (Å²) in [7, 11) is 6.61. The van der Waals surface area contributed by atoms with E-state index in [9.17, 15) is 4.39 Å². The zero-order valence-electron chi connectivity index (χ0n) is 18.7. The van der Waals surface area contributed by atoms with Crippen molar-refractivity contribution < 1.29 is 32.9 Å². The van der Waals surface area contributed by atoms with Crippen LogP contribution in [0.25, 0.3) is 0 Å². The summed E-state index contributed by atoms with van der Waals surface area (Å²) in [5.41, 5.74) is 2.72. The largest absolute Gasteiger partial charge is 1.00 e. The first-order valence-electron chi connectivity index (χ1n) is 10.8. The van der Waals surface area contributed by atoms with Crippen LogP contribution >= 0.6 is 0 Å². The Labute approximate surface area is 190 Å². The van der Waals surface area contributed by atoms with Gasteiger partial charge in [-0.2, -0.15) is 0 Å². The van der Waals surface area contributed by atoms with Crippen LogP contribution in [-0.4, -0.2) is 44.0 Å². The Morgan fingerprint density at radius 3 is 1.70 bits per heavy atom. The van der Waals surface area contributed by atoms with Crippen LogP contribution in [0.4, 0.5) is 4.39 Å². The van der Waals surface area contributed by atoms with Gasteiger partial charge < -0.3 is 24.0 Å². The minimum Gasteiger partial charge on any atom is -1.00 e. The maximum Gasteiger partial charge on any atom is -1.00 e. The number of nitrogens with zero attached hydrogens (tertiary/aromatic N) is 1. The van der Waals surface area contributed by atoms with E-state index in [0.29, 0.717) is 0 Å². The fraction of sp³-hybridized carbons (Fsp3) is 0.739. The van der Waals surface area contributed by atoms with Crippen LogP contribution in [0.1, 0.15) is 70.4 Å². The van der Waals surface area contributed by atoms with Crippen molar-refractivity contribution in [2.45, 2.75) is 83.6 Å². The Morgan fingerprint density at radius 1 is 0.815 bits per heavy atom. The molecule has 0 bridgehead atoms. The van der Waals surface area contributed by atoms with E-state index in [1.807, 2.05) is 6.07 Å². The molecule has 0 aliphatic heterocycles. The zero-order valence-corrected chi connectivity index (χ0v) is 23.7. The SMILES string of the molecule is CCC[CH2][Sn]([CH2]CCC)([CH2]CCC)[CH2]c1ccc(F)cc1C[N+](C)(C)C.[I-]. The minimum absolute atomic E-state index is 0. The monoisotopic (exact) mass is 599 g/mol. The molecule has 0 aliphatic carbocycles. The van der Waals surface area contributed by atoms with Crippen molar-refractivity contribution in [1.82, 2.24) is 0 Å². The molecule has 0 saturated carbocycles. The van der Waals surface area contributed by atoms with E-state index in [0.717, 1.165) is 11.0 Å². The van der Waals surface area contributed by atoms with Gasteiger partial charge >= 0.3 is 167 Å². The molecule has 1 rings (SSSR count). The van der Waals surface area contributed by atoms with Crippen LogP contribution in [0.3, 0.4) is 0 Å². The predicted molar refractivity (Wildman–Crippen MR) is 117 cm³/mol. The molecule has 0 unspecified atom stereocenters. The topological polar surface area (TPSA) is 0 Å². The Morgan fingerprint density at radius 2 is 1.30 bits per heavy atom. The van der Waals surface area contributed by atoms with Gasteiger partial charge in [-0.05, 0) is 0 Å². The van der Waals surface area contributed by atoms with Crippen molar-refractivity contribution in [3.05, 3.63) is 35.1 Å². The summed E-state index contributed by atoms with van der Waals surface area (Å²) in [5, 5.41) is 0. The number of quaternary nitrogens is 1. The van der Waals surface area contributed by atoms with Gasteiger partial charge in [0.25, 0.3) is 0 Å². The van der Waals surface area contributed by atoms with Gasteiger partial charge in [-0.3, -0.25) is 0 Å². The third-order valence-corrected chi connectivity index (χ3v) is 20.9. The van der Waals surface area contributed by atoms with Crippen molar-refractivity contribution in [3.63, 3.8) is 0 Å². The first-order chi connectivity index (χ1) is 12.2. The Kier molecular flexibility index (Phi) is 14.1. The summed E-state index contributed by atoms with van der Waals surface area (Å²) in [5.74, 6) is -0.0753. The second-order valence-electron chi connectivity index (χ2n) is 9.35. The summed E-state index contributed by atoms with van der Waals surface area (Å²) >= 11 is -2.24. The number of halogens is 2. The van der Waals surface area contributed by atoms with Crippen LogP contribution < -0.4 is 24.0 Å². The standard InChI is InChI=1S/C11H16FN.3C4H9.HI.Sn/c1-9-5-6-11(12)7-10(9)8-13(2,3)4;3*1-3-4-2;;/h5-7H,1,8H2,2-4H3;3*1,3-4H2,2H3;1H;/q+1;;;;;/p-1. The van der Waals surface area contributed by atoms with Gasteiger partial charge in [0.1, 0.15) is 0 Å². The summed E-state index contributed by atoms with van der Waals surface area (Å²) in [6, 6.07) is 5.63. The molecule has 0 saturated heterocycles. The van der Waals surface area contributed by atoms with Crippen molar-refractivity contribution in [2.24, 2.45) is 0 Å². The van der Waals surface area contributed by atoms with Crippen molar-refractivity contribution in [2.75, 3.05) is 21.1 Å². The minimum atomic E-state index is -2.24. The van der Waals surface area contributed by atoms with Gasteiger partial charge in [0, 0.05) is 0 Å². The normalized spacial score (nSPS) is 12.1. The number of unbranched alkanes of at least 4 members (excludes halogenated alkanes) is 3. The molecule has 0 radical (unpaired) electrons. The van der Waals surface area contributed by atoms with Crippen molar-refractivity contribution in [1.29, 1.82) is 0 Å². The van der Waals surface area contributed by atoms with E-state index in [2.05, 4.69) is 48.0 Å². The number of hydrogen-bond acceptors (Lipinski definition) is 0. The average Bonchev–Trinajstić information content (AvgIpc) is 2.57. The maximum atomic E-state index is 14.0. The Bertz CT molecular complexity index is 506. The number of benzene rings is 1. The van der Waals surface area contributed by atoms with Crippen molar-refractivity contribution in [3.8, 4) is 0 Å². The summed E-state index contributed by atoms with van der Waals surface area (Å²) in [6.45, 7) is 7.91. The van der Waals surface area contributed by atoms with Gasteiger partial charge in [0.15, 0.2) is 0 Å². The molecule has 1 nitrogen and oxygen atoms in total. The van der Waals surface area contributed by atoms with Gasteiger partial charge in [0.2, 0.25) is 0 Å². The fourth-order valence-corrected chi connectivity index (χ4v) is 20.5. The van der Waals surface area contributed by atoms with Gasteiger partial charge in [-0.1, -0.05) is 0 Å². The van der Waals surface area contributed by atoms with Gasteiger partial charge in [0.05, 0.1) is 0 Å². The van der Waals surface area contributed by atoms with Crippen LogP contribution in [0.5, 0.6) is 0 Å². The summed E-state index contributed by atoms with van der Waals surface area (Å²) < 4.78 is 20.7. The molecule has 0 N–H and O–H groups in total. The van der Waals surface area contributed by atoms with Crippen LogP contribution in [0.15, 0.2) is 18.2 Å². The molecule has 1 aromatic carbocycles. The van der Waals surface area contributed by atoms with E-state index in [-0.39, 0.29) is 29.8 Å². The molecule has 0 spiro atoms. The number of hydrogen-bond donors (Lipinski definition) is 0. The smallest absolute Gasteiger partial charge is 1.00 e. The fourth-order valence-electron chi connectivity index (χ4n) is 4.12. The quantitative estimate of drug-likeness (QED) is 0.183. The third kappa shape index (κ3) is 10.8. The molecule has 4 heteroatoms. The molecule has 0 atom stereocenters.